The zero-order valence-electron chi connectivity index (χ0n) is 12.7. The molecule has 1 amide bonds. The van der Waals surface area contributed by atoms with Crippen LogP contribution in [0.3, 0.4) is 0 Å². The number of rotatable bonds is 5. The molecule has 1 aromatic heterocycles. The Kier molecular flexibility index (Phi) is 5.28. The largest absolute Gasteiger partial charge is 0.417 e. The average Bonchev–Trinajstić information content (AvgIpc) is 2.53. The summed E-state index contributed by atoms with van der Waals surface area (Å²) in [6, 6.07) is 7.75. The first-order valence-electron chi connectivity index (χ1n) is 7.07. The third kappa shape index (κ3) is 4.61. The number of Topliss-reactive ketones (excluding diaryl/α,β-unsaturated/α-hetero) is 1. The fourth-order valence-electron chi connectivity index (χ4n) is 1.99. The van der Waals surface area contributed by atoms with Crippen molar-refractivity contribution in [1.29, 1.82) is 0 Å². The van der Waals surface area contributed by atoms with Crippen molar-refractivity contribution in [2.45, 2.75) is 25.9 Å². The molecule has 0 aliphatic rings. The minimum absolute atomic E-state index is 0.00960. The molecular weight excluding hydrogens is 323 g/mol. The summed E-state index contributed by atoms with van der Waals surface area (Å²) in [4.78, 5) is 22.4. The number of benzene rings is 1. The minimum atomic E-state index is -4.50. The number of carbonyl (C=O) groups is 2. The lowest BCUT2D eigenvalue weighted by molar-refractivity contribution is -0.137. The molecule has 2 rings (SSSR count). The lowest BCUT2D eigenvalue weighted by atomic mass is 10.0. The highest BCUT2D eigenvalue weighted by Gasteiger charge is 2.33. The van der Waals surface area contributed by atoms with Crippen LogP contribution >= 0.6 is 0 Å². The van der Waals surface area contributed by atoms with Crippen LogP contribution in [0.15, 0.2) is 36.4 Å². The number of nitrogens with zero attached hydrogens (tertiary/aromatic N) is 2. The second-order valence-corrected chi connectivity index (χ2v) is 5.10. The van der Waals surface area contributed by atoms with E-state index in [1.165, 1.54) is 37.3 Å². The average molecular weight is 337 g/mol. The van der Waals surface area contributed by atoms with Gasteiger partial charge in [-0.2, -0.15) is 13.2 Å². The molecule has 0 unspecified atom stereocenters. The first-order chi connectivity index (χ1) is 11.3. The van der Waals surface area contributed by atoms with E-state index >= 15 is 0 Å². The Morgan fingerprint density at radius 1 is 1.04 bits per heavy atom. The summed E-state index contributed by atoms with van der Waals surface area (Å²) in [6.45, 7) is 1.37. The van der Waals surface area contributed by atoms with Gasteiger partial charge in [-0.05, 0) is 25.1 Å². The molecule has 8 heteroatoms. The van der Waals surface area contributed by atoms with E-state index in [0.29, 0.717) is 0 Å². The molecule has 0 saturated heterocycles. The lowest BCUT2D eigenvalue weighted by Crippen LogP contribution is -2.14. The summed E-state index contributed by atoms with van der Waals surface area (Å²) in [5.74, 6) is -0.421. The highest BCUT2D eigenvalue weighted by atomic mass is 19.4. The van der Waals surface area contributed by atoms with Gasteiger partial charge in [0.25, 0.3) is 0 Å². The number of ketones is 1. The molecule has 1 heterocycles. The highest BCUT2D eigenvalue weighted by molar-refractivity contribution is 5.92. The van der Waals surface area contributed by atoms with Crippen molar-refractivity contribution < 1.29 is 22.8 Å². The van der Waals surface area contributed by atoms with Crippen molar-refractivity contribution >= 4 is 17.5 Å². The van der Waals surface area contributed by atoms with Crippen LogP contribution in [-0.2, 0) is 15.8 Å². The van der Waals surface area contributed by atoms with Crippen LogP contribution in [-0.4, -0.2) is 21.9 Å². The fraction of sp³-hybridized carbons (Fsp3) is 0.250. The summed E-state index contributed by atoms with van der Waals surface area (Å²) >= 11 is 0. The van der Waals surface area contributed by atoms with E-state index in [-0.39, 0.29) is 35.7 Å². The van der Waals surface area contributed by atoms with E-state index in [1.807, 2.05) is 0 Å². The van der Waals surface area contributed by atoms with Gasteiger partial charge >= 0.3 is 6.18 Å². The number of halogens is 3. The van der Waals surface area contributed by atoms with Gasteiger partial charge in [0, 0.05) is 18.4 Å². The van der Waals surface area contributed by atoms with Gasteiger partial charge in [0.1, 0.15) is 5.78 Å². The van der Waals surface area contributed by atoms with Gasteiger partial charge in [-0.25, -0.2) is 0 Å². The zero-order chi connectivity index (χ0) is 17.7. The molecule has 0 radical (unpaired) electrons. The number of anilines is 1. The van der Waals surface area contributed by atoms with Gasteiger partial charge in [-0.3, -0.25) is 4.79 Å². The van der Waals surface area contributed by atoms with Crippen LogP contribution in [0.4, 0.5) is 19.0 Å². The number of hydrogen-bond donors (Lipinski definition) is 1. The molecule has 0 fully saturated rings. The molecule has 0 aliphatic carbocycles. The van der Waals surface area contributed by atoms with Crippen LogP contribution < -0.4 is 5.32 Å². The first kappa shape index (κ1) is 17.6. The van der Waals surface area contributed by atoms with Crippen LogP contribution in [0.1, 0.15) is 25.3 Å². The third-order valence-electron chi connectivity index (χ3n) is 3.14. The van der Waals surface area contributed by atoms with Crippen molar-refractivity contribution in [3.8, 4) is 11.3 Å². The van der Waals surface area contributed by atoms with E-state index in [4.69, 9.17) is 0 Å². The molecule has 0 atom stereocenters. The Morgan fingerprint density at radius 2 is 1.75 bits per heavy atom. The van der Waals surface area contributed by atoms with E-state index in [1.54, 1.807) is 0 Å². The number of aromatic nitrogens is 2. The SMILES string of the molecule is CC(=O)CCC(=O)Nc1ccc(-c2ccccc2C(F)(F)F)nn1. The van der Waals surface area contributed by atoms with Crippen LogP contribution in [0.5, 0.6) is 0 Å². The maximum Gasteiger partial charge on any atom is 0.417 e. The summed E-state index contributed by atoms with van der Waals surface area (Å²) in [5, 5.41) is 9.88. The standard InChI is InChI=1S/C16H14F3N3O2/c1-10(23)6-9-15(24)20-14-8-7-13(21-22-14)11-4-2-3-5-12(11)16(17,18)19/h2-5,7-8H,6,9H2,1H3,(H,20,22,24). The summed E-state index contributed by atoms with van der Waals surface area (Å²) < 4.78 is 39.0. The summed E-state index contributed by atoms with van der Waals surface area (Å²) in [7, 11) is 0. The molecule has 0 saturated carbocycles. The molecule has 1 N–H and O–H groups in total. The molecule has 5 nitrogen and oxygen atoms in total. The second-order valence-electron chi connectivity index (χ2n) is 5.10. The third-order valence-corrected chi connectivity index (χ3v) is 3.14. The number of amides is 1. The first-order valence-corrected chi connectivity index (χ1v) is 7.07. The Balaban J connectivity index is 2.16. The van der Waals surface area contributed by atoms with Gasteiger partial charge in [-0.1, -0.05) is 18.2 Å². The topological polar surface area (TPSA) is 72.0 Å². The second kappa shape index (κ2) is 7.20. The number of nitrogens with one attached hydrogen (secondary N) is 1. The molecular formula is C16H14F3N3O2. The Morgan fingerprint density at radius 3 is 2.33 bits per heavy atom. The van der Waals surface area contributed by atoms with Crippen LogP contribution in [0.2, 0.25) is 0 Å². The summed E-state index contributed by atoms with van der Waals surface area (Å²) in [5.41, 5.74) is -0.853. The molecule has 24 heavy (non-hydrogen) atoms. The van der Waals surface area contributed by atoms with Crippen molar-refractivity contribution in [3.63, 3.8) is 0 Å². The molecule has 0 bridgehead atoms. The molecule has 1 aromatic carbocycles. The van der Waals surface area contributed by atoms with E-state index in [9.17, 15) is 22.8 Å². The normalized spacial score (nSPS) is 11.2. The maximum absolute atomic E-state index is 13.0. The number of hydrogen-bond acceptors (Lipinski definition) is 4. The molecule has 0 aliphatic heterocycles. The smallest absolute Gasteiger partial charge is 0.309 e. The van der Waals surface area contributed by atoms with E-state index in [2.05, 4.69) is 15.5 Å². The Bertz CT molecular complexity index is 743. The molecule has 126 valence electrons. The molecule has 0 spiro atoms. The van der Waals surface area contributed by atoms with Gasteiger partial charge in [0.15, 0.2) is 5.82 Å². The highest BCUT2D eigenvalue weighted by Crippen LogP contribution is 2.36. The fourth-order valence-corrected chi connectivity index (χ4v) is 1.99. The van der Waals surface area contributed by atoms with E-state index < -0.39 is 17.6 Å². The van der Waals surface area contributed by atoms with Crippen molar-refractivity contribution in [2.24, 2.45) is 0 Å². The number of alkyl halides is 3. The summed E-state index contributed by atoms with van der Waals surface area (Å²) in [6.07, 6.45) is -4.39. The van der Waals surface area contributed by atoms with Crippen molar-refractivity contribution in [1.82, 2.24) is 10.2 Å². The Hall–Kier alpha value is -2.77. The van der Waals surface area contributed by atoms with Crippen LogP contribution in [0, 0.1) is 0 Å². The predicted molar refractivity (Wildman–Crippen MR) is 81.0 cm³/mol. The molecule has 2 aromatic rings. The Labute approximate surface area is 135 Å². The maximum atomic E-state index is 13.0. The lowest BCUT2D eigenvalue weighted by Gasteiger charge is -2.12. The zero-order valence-corrected chi connectivity index (χ0v) is 12.7. The van der Waals surface area contributed by atoms with Crippen LogP contribution in [0.25, 0.3) is 11.3 Å². The van der Waals surface area contributed by atoms with E-state index in [0.717, 1.165) is 6.07 Å². The van der Waals surface area contributed by atoms with Crippen molar-refractivity contribution in [3.05, 3.63) is 42.0 Å². The monoisotopic (exact) mass is 337 g/mol. The quantitative estimate of drug-likeness (QED) is 0.907. The van der Waals surface area contributed by atoms with Gasteiger partial charge in [-0.15, -0.1) is 10.2 Å². The minimum Gasteiger partial charge on any atom is -0.309 e. The van der Waals surface area contributed by atoms with Gasteiger partial charge in [0.2, 0.25) is 5.91 Å². The van der Waals surface area contributed by atoms with Gasteiger partial charge in [0.05, 0.1) is 11.3 Å². The predicted octanol–water partition coefficient (Wildman–Crippen LogP) is 3.47. The van der Waals surface area contributed by atoms with Gasteiger partial charge < -0.3 is 10.1 Å². The van der Waals surface area contributed by atoms with Crippen molar-refractivity contribution in [2.75, 3.05) is 5.32 Å². The number of carbonyl (C=O) groups excluding carboxylic acids is 2.